The average Bonchev–Trinajstić information content (AvgIpc) is 2.28. The van der Waals surface area contributed by atoms with Gasteiger partial charge in [0.25, 0.3) is 5.91 Å². The first-order valence-corrected chi connectivity index (χ1v) is 6.03. The van der Waals surface area contributed by atoms with Crippen molar-refractivity contribution >= 4 is 17.5 Å². The van der Waals surface area contributed by atoms with E-state index in [1.54, 1.807) is 17.0 Å². The van der Waals surface area contributed by atoms with Crippen molar-refractivity contribution in [3.63, 3.8) is 0 Å². The van der Waals surface area contributed by atoms with Crippen LogP contribution >= 0.6 is 11.6 Å². The molecule has 94 valence electrons. The molecule has 0 radical (unpaired) electrons. The van der Waals surface area contributed by atoms with Gasteiger partial charge in [-0.3, -0.25) is 4.79 Å². The zero-order chi connectivity index (χ0) is 13.0. The number of hydrogen-bond acceptors (Lipinski definition) is 2. The van der Waals surface area contributed by atoms with Gasteiger partial charge in [0.1, 0.15) is 0 Å². The Morgan fingerprint density at radius 2 is 2.12 bits per heavy atom. The topological polar surface area (TPSA) is 40.5 Å². The van der Waals surface area contributed by atoms with Crippen LogP contribution in [0.15, 0.2) is 18.2 Å². The molecule has 1 aromatic carbocycles. The molecule has 1 rings (SSSR count). The quantitative estimate of drug-likeness (QED) is 0.898. The third-order valence-corrected chi connectivity index (χ3v) is 3.05. The minimum Gasteiger partial charge on any atom is -0.395 e. The summed E-state index contributed by atoms with van der Waals surface area (Å²) in [6, 6.07) is 5.31. The highest BCUT2D eigenvalue weighted by atomic mass is 35.5. The molecule has 0 aliphatic heterocycles. The van der Waals surface area contributed by atoms with E-state index in [1.165, 1.54) is 0 Å². The summed E-state index contributed by atoms with van der Waals surface area (Å²) in [5.74, 6) is -0.101. The Morgan fingerprint density at radius 3 is 2.59 bits per heavy atom. The number of aliphatic hydroxyl groups is 1. The molecule has 0 saturated carbocycles. The maximum Gasteiger partial charge on any atom is 0.254 e. The summed E-state index contributed by atoms with van der Waals surface area (Å²) < 4.78 is 0. The normalized spacial score (nSPS) is 10.7. The van der Waals surface area contributed by atoms with Crippen molar-refractivity contribution in [1.29, 1.82) is 0 Å². The minimum absolute atomic E-state index is 0.0382. The second kappa shape index (κ2) is 6.03. The van der Waals surface area contributed by atoms with Crippen molar-refractivity contribution in [2.24, 2.45) is 0 Å². The molecule has 17 heavy (non-hydrogen) atoms. The molecule has 0 spiro atoms. The molecule has 0 unspecified atom stereocenters. The van der Waals surface area contributed by atoms with Gasteiger partial charge in [0.05, 0.1) is 6.61 Å². The van der Waals surface area contributed by atoms with Gasteiger partial charge >= 0.3 is 0 Å². The van der Waals surface area contributed by atoms with Crippen LogP contribution in [0.1, 0.15) is 29.8 Å². The van der Waals surface area contributed by atoms with Gasteiger partial charge in [0.15, 0.2) is 0 Å². The van der Waals surface area contributed by atoms with Crippen LogP contribution in [0.4, 0.5) is 0 Å². The first-order valence-electron chi connectivity index (χ1n) is 5.65. The Morgan fingerprint density at radius 1 is 1.47 bits per heavy atom. The largest absolute Gasteiger partial charge is 0.395 e. The van der Waals surface area contributed by atoms with Gasteiger partial charge in [-0.1, -0.05) is 17.7 Å². The number of benzene rings is 1. The highest BCUT2D eigenvalue weighted by Gasteiger charge is 2.18. The van der Waals surface area contributed by atoms with Crippen molar-refractivity contribution < 1.29 is 9.90 Å². The Labute approximate surface area is 107 Å². The molecule has 0 aliphatic carbocycles. The third-order valence-electron chi connectivity index (χ3n) is 2.64. The zero-order valence-corrected chi connectivity index (χ0v) is 11.2. The summed E-state index contributed by atoms with van der Waals surface area (Å²) in [6.07, 6.45) is 0. The van der Waals surface area contributed by atoms with Gasteiger partial charge in [-0.2, -0.15) is 0 Å². The van der Waals surface area contributed by atoms with Crippen molar-refractivity contribution in [3.8, 4) is 0 Å². The van der Waals surface area contributed by atoms with Crippen LogP contribution in [0.3, 0.4) is 0 Å². The number of aryl methyl sites for hydroxylation is 1. The second-order valence-corrected chi connectivity index (χ2v) is 4.69. The van der Waals surface area contributed by atoms with E-state index < -0.39 is 0 Å². The molecular weight excluding hydrogens is 238 g/mol. The highest BCUT2D eigenvalue weighted by molar-refractivity contribution is 6.31. The maximum atomic E-state index is 12.2. The molecule has 0 heterocycles. The van der Waals surface area contributed by atoms with Crippen LogP contribution in [0, 0.1) is 6.92 Å². The lowest BCUT2D eigenvalue weighted by molar-refractivity contribution is 0.0665. The number of nitrogens with zero attached hydrogens (tertiary/aromatic N) is 1. The lowest BCUT2D eigenvalue weighted by atomic mass is 10.1. The fourth-order valence-corrected chi connectivity index (χ4v) is 1.77. The predicted molar refractivity (Wildman–Crippen MR) is 69.4 cm³/mol. The molecule has 1 N–H and O–H groups in total. The Hall–Kier alpha value is -1.06. The van der Waals surface area contributed by atoms with Crippen molar-refractivity contribution in [1.82, 2.24) is 4.90 Å². The third kappa shape index (κ3) is 3.45. The first-order chi connectivity index (χ1) is 7.97. The average molecular weight is 256 g/mol. The Kier molecular flexibility index (Phi) is 4.97. The second-order valence-electron chi connectivity index (χ2n) is 4.28. The molecule has 1 aromatic rings. The summed E-state index contributed by atoms with van der Waals surface area (Å²) in [6.45, 7) is 6.03. The minimum atomic E-state index is -0.101. The van der Waals surface area contributed by atoms with Gasteiger partial charge in [-0.15, -0.1) is 0 Å². The van der Waals surface area contributed by atoms with Gasteiger partial charge in [-0.25, -0.2) is 0 Å². The first kappa shape index (κ1) is 14.0. The van der Waals surface area contributed by atoms with E-state index in [0.717, 1.165) is 5.56 Å². The molecule has 0 aromatic heterocycles. The van der Waals surface area contributed by atoms with E-state index >= 15 is 0 Å². The van der Waals surface area contributed by atoms with E-state index in [1.807, 2.05) is 26.8 Å². The summed E-state index contributed by atoms with van der Waals surface area (Å²) in [5, 5.41) is 9.55. The molecular formula is C13H18ClNO2. The molecule has 3 nitrogen and oxygen atoms in total. The van der Waals surface area contributed by atoms with E-state index in [9.17, 15) is 4.79 Å². The highest BCUT2D eigenvalue weighted by Crippen LogP contribution is 2.18. The lowest BCUT2D eigenvalue weighted by Crippen LogP contribution is -2.39. The smallest absolute Gasteiger partial charge is 0.254 e. The molecule has 4 heteroatoms. The summed E-state index contributed by atoms with van der Waals surface area (Å²) in [7, 11) is 0. The fourth-order valence-electron chi connectivity index (χ4n) is 1.59. The number of rotatable bonds is 4. The molecule has 1 amide bonds. The zero-order valence-electron chi connectivity index (χ0n) is 10.4. The van der Waals surface area contributed by atoms with Crippen LogP contribution in [0.5, 0.6) is 0 Å². The fraction of sp³-hybridized carbons (Fsp3) is 0.462. The Bertz CT molecular complexity index is 404. The lowest BCUT2D eigenvalue weighted by Gasteiger charge is -2.26. The van der Waals surface area contributed by atoms with Crippen LogP contribution in [0.25, 0.3) is 0 Å². The number of carbonyl (C=O) groups is 1. The van der Waals surface area contributed by atoms with Crippen LogP contribution in [-0.2, 0) is 0 Å². The van der Waals surface area contributed by atoms with Crippen LogP contribution in [0.2, 0.25) is 5.02 Å². The summed E-state index contributed by atoms with van der Waals surface area (Å²) >= 11 is 6.00. The number of hydrogen-bond donors (Lipinski definition) is 1. The molecule has 0 aliphatic rings. The van der Waals surface area contributed by atoms with Crippen LogP contribution in [-0.4, -0.2) is 35.1 Å². The summed E-state index contributed by atoms with van der Waals surface area (Å²) in [5.41, 5.74) is 1.50. The maximum absolute atomic E-state index is 12.2. The van der Waals surface area contributed by atoms with Crippen molar-refractivity contribution in [2.75, 3.05) is 13.2 Å². The SMILES string of the molecule is Cc1ccc(C(=O)N(CCO)C(C)C)cc1Cl. The number of carbonyl (C=O) groups excluding carboxylic acids is 1. The van der Waals surface area contributed by atoms with Crippen molar-refractivity contribution in [3.05, 3.63) is 34.3 Å². The summed E-state index contributed by atoms with van der Waals surface area (Å²) in [4.78, 5) is 13.8. The van der Waals surface area contributed by atoms with Gasteiger partial charge < -0.3 is 10.0 Å². The number of halogens is 1. The monoisotopic (exact) mass is 255 g/mol. The van der Waals surface area contributed by atoms with E-state index in [2.05, 4.69) is 0 Å². The predicted octanol–water partition coefficient (Wildman–Crippen LogP) is 2.49. The van der Waals surface area contributed by atoms with E-state index in [0.29, 0.717) is 17.1 Å². The van der Waals surface area contributed by atoms with E-state index in [-0.39, 0.29) is 18.6 Å². The van der Waals surface area contributed by atoms with E-state index in [4.69, 9.17) is 16.7 Å². The van der Waals surface area contributed by atoms with Crippen molar-refractivity contribution in [2.45, 2.75) is 26.8 Å². The van der Waals surface area contributed by atoms with Gasteiger partial charge in [-0.05, 0) is 38.5 Å². The van der Waals surface area contributed by atoms with Crippen LogP contribution < -0.4 is 0 Å². The number of amides is 1. The van der Waals surface area contributed by atoms with Gasteiger partial charge in [0.2, 0.25) is 0 Å². The molecule has 0 saturated heterocycles. The molecule has 0 fully saturated rings. The standard InChI is InChI=1S/C13H18ClNO2/c1-9(2)15(6-7-16)13(17)11-5-4-10(3)12(14)8-11/h4-5,8-9,16H,6-7H2,1-3H3. The number of aliphatic hydroxyl groups excluding tert-OH is 1. The molecule has 0 bridgehead atoms. The Balaban J connectivity index is 2.97. The molecule has 0 atom stereocenters. The van der Waals surface area contributed by atoms with Gasteiger partial charge in [0, 0.05) is 23.2 Å².